The number of hydrogen-bond donors (Lipinski definition) is 1. The van der Waals surface area contributed by atoms with Crippen molar-refractivity contribution in [2.45, 2.75) is 0 Å². The van der Waals surface area contributed by atoms with E-state index >= 15 is 0 Å². The highest BCUT2D eigenvalue weighted by molar-refractivity contribution is 9.10. The van der Waals surface area contributed by atoms with Gasteiger partial charge in [0.2, 0.25) is 0 Å². The third-order valence-corrected chi connectivity index (χ3v) is 2.20. The summed E-state index contributed by atoms with van der Waals surface area (Å²) in [6.07, 6.45) is 3.43. The van der Waals surface area contributed by atoms with Crippen LogP contribution in [0, 0.1) is 0 Å². The topological polar surface area (TPSA) is 20.2 Å². The van der Waals surface area contributed by atoms with Crippen molar-refractivity contribution in [2.24, 2.45) is 0 Å². The Labute approximate surface area is 84.8 Å². The van der Waals surface area contributed by atoms with Gasteiger partial charge in [-0.1, -0.05) is 39.7 Å². The van der Waals surface area contributed by atoms with Crippen molar-refractivity contribution < 1.29 is 5.11 Å². The molecule has 0 aliphatic rings. The van der Waals surface area contributed by atoms with E-state index in [1.807, 2.05) is 18.2 Å². The highest BCUT2D eigenvalue weighted by Gasteiger charge is 1.95. The van der Waals surface area contributed by atoms with Crippen LogP contribution in [-0.4, -0.2) is 11.7 Å². The van der Waals surface area contributed by atoms with Crippen LogP contribution >= 0.6 is 27.5 Å². The maximum absolute atomic E-state index is 8.55. The number of halogens is 2. The predicted octanol–water partition coefficient (Wildman–Crippen LogP) is 3.11. The molecule has 1 nitrogen and oxygen atoms in total. The Morgan fingerprint density at radius 2 is 2.25 bits per heavy atom. The summed E-state index contributed by atoms with van der Waals surface area (Å²) < 4.78 is 0.976. The van der Waals surface area contributed by atoms with E-state index in [4.69, 9.17) is 16.7 Å². The summed E-state index contributed by atoms with van der Waals surface area (Å²) in [7, 11) is 0. The fourth-order valence-corrected chi connectivity index (χ4v) is 1.38. The SMILES string of the molecule is OC/C=C/c1cc(Br)ccc1Cl. The monoisotopic (exact) mass is 246 g/mol. The highest BCUT2D eigenvalue weighted by Crippen LogP contribution is 2.21. The van der Waals surface area contributed by atoms with E-state index in [1.165, 1.54) is 0 Å². The Balaban J connectivity index is 2.97. The van der Waals surface area contributed by atoms with Gasteiger partial charge in [-0.2, -0.15) is 0 Å². The van der Waals surface area contributed by atoms with Gasteiger partial charge in [-0.15, -0.1) is 0 Å². The maximum atomic E-state index is 8.55. The first-order chi connectivity index (χ1) is 5.74. The molecule has 1 aromatic carbocycles. The fourth-order valence-electron chi connectivity index (χ4n) is 0.822. The minimum absolute atomic E-state index is 0.0306. The molecule has 0 spiro atoms. The van der Waals surface area contributed by atoms with Gasteiger partial charge in [0.25, 0.3) is 0 Å². The molecular weight excluding hydrogens is 239 g/mol. The third-order valence-electron chi connectivity index (χ3n) is 1.36. The van der Waals surface area contributed by atoms with Crippen LogP contribution < -0.4 is 0 Å². The van der Waals surface area contributed by atoms with E-state index in [2.05, 4.69) is 15.9 Å². The van der Waals surface area contributed by atoms with Gasteiger partial charge in [-0.25, -0.2) is 0 Å². The Hall–Kier alpha value is -0.310. The highest BCUT2D eigenvalue weighted by atomic mass is 79.9. The number of rotatable bonds is 2. The Morgan fingerprint density at radius 1 is 1.50 bits per heavy atom. The second-order valence-corrected chi connectivity index (χ2v) is 3.57. The van der Waals surface area contributed by atoms with Gasteiger partial charge < -0.3 is 5.11 Å². The van der Waals surface area contributed by atoms with Crippen molar-refractivity contribution >= 4 is 33.6 Å². The van der Waals surface area contributed by atoms with Crippen molar-refractivity contribution in [3.63, 3.8) is 0 Å². The molecule has 0 saturated heterocycles. The zero-order valence-corrected chi connectivity index (χ0v) is 8.64. The molecule has 0 heterocycles. The van der Waals surface area contributed by atoms with Crippen molar-refractivity contribution in [3.05, 3.63) is 39.3 Å². The van der Waals surface area contributed by atoms with Crippen LogP contribution in [-0.2, 0) is 0 Å². The second kappa shape index (κ2) is 4.65. The van der Waals surface area contributed by atoms with Crippen molar-refractivity contribution in [1.29, 1.82) is 0 Å². The van der Waals surface area contributed by atoms with Crippen LogP contribution in [0.3, 0.4) is 0 Å². The van der Waals surface area contributed by atoms with Gasteiger partial charge in [-0.3, -0.25) is 0 Å². The van der Waals surface area contributed by atoms with Crippen molar-refractivity contribution in [3.8, 4) is 0 Å². The third kappa shape index (κ3) is 2.63. The zero-order valence-electron chi connectivity index (χ0n) is 6.30. The van der Waals surface area contributed by atoms with Gasteiger partial charge in [0.05, 0.1) is 6.61 Å². The first-order valence-corrected chi connectivity index (χ1v) is 4.63. The van der Waals surface area contributed by atoms with Crippen molar-refractivity contribution in [1.82, 2.24) is 0 Å². The molecule has 0 radical (unpaired) electrons. The van der Waals surface area contributed by atoms with Crippen LogP contribution in [0.5, 0.6) is 0 Å². The van der Waals surface area contributed by atoms with Gasteiger partial charge in [-0.05, 0) is 23.8 Å². The molecule has 0 fully saturated rings. The Morgan fingerprint density at radius 3 is 2.92 bits per heavy atom. The van der Waals surface area contributed by atoms with E-state index in [0.717, 1.165) is 10.0 Å². The van der Waals surface area contributed by atoms with Gasteiger partial charge in [0.1, 0.15) is 0 Å². The van der Waals surface area contributed by atoms with E-state index in [-0.39, 0.29) is 6.61 Å². The van der Waals surface area contributed by atoms with Crippen LogP contribution in [0.4, 0.5) is 0 Å². The minimum atomic E-state index is 0.0306. The molecule has 0 unspecified atom stereocenters. The lowest BCUT2D eigenvalue weighted by atomic mass is 10.2. The summed E-state index contributed by atoms with van der Waals surface area (Å²) in [5.74, 6) is 0. The standard InChI is InChI=1S/C9H8BrClO/c10-8-3-4-9(11)7(6-8)2-1-5-12/h1-4,6,12H,5H2/b2-1+. The zero-order chi connectivity index (χ0) is 8.97. The molecule has 0 aromatic heterocycles. The summed E-state index contributed by atoms with van der Waals surface area (Å²) in [6.45, 7) is 0.0306. The molecule has 0 saturated carbocycles. The lowest BCUT2D eigenvalue weighted by molar-refractivity contribution is 0.343. The number of benzene rings is 1. The quantitative estimate of drug-likeness (QED) is 0.851. The van der Waals surface area contributed by atoms with E-state index in [1.54, 1.807) is 12.2 Å². The first-order valence-electron chi connectivity index (χ1n) is 3.46. The minimum Gasteiger partial charge on any atom is -0.392 e. The fraction of sp³-hybridized carbons (Fsp3) is 0.111. The molecule has 1 aromatic rings. The molecule has 0 bridgehead atoms. The maximum Gasteiger partial charge on any atom is 0.0615 e. The van der Waals surface area contributed by atoms with Gasteiger partial charge in [0, 0.05) is 9.50 Å². The van der Waals surface area contributed by atoms with E-state index in [0.29, 0.717) is 5.02 Å². The summed E-state index contributed by atoms with van der Waals surface area (Å²) in [5, 5.41) is 9.23. The average Bonchev–Trinajstić information content (AvgIpc) is 2.07. The van der Waals surface area contributed by atoms with Crippen LogP contribution in [0.15, 0.2) is 28.7 Å². The summed E-state index contributed by atoms with van der Waals surface area (Å²) >= 11 is 9.21. The molecule has 12 heavy (non-hydrogen) atoms. The lowest BCUT2D eigenvalue weighted by Gasteiger charge is -1.97. The molecule has 0 aliphatic heterocycles. The van der Waals surface area contributed by atoms with Crippen LogP contribution in [0.2, 0.25) is 5.02 Å². The summed E-state index contributed by atoms with van der Waals surface area (Å²) in [6, 6.07) is 5.58. The molecule has 1 N–H and O–H groups in total. The molecule has 1 rings (SSSR count). The summed E-state index contributed by atoms with van der Waals surface area (Å²) in [4.78, 5) is 0. The lowest BCUT2D eigenvalue weighted by Crippen LogP contribution is -1.77. The number of hydrogen-bond acceptors (Lipinski definition) is 1. The normalized spacial score (nSPS) is 10.9. The number of aliphatic hydroxyl groups excluding tert-OH is 1. The smallest absolute Gasteiger partial charge is 0.0615 e. The van der Waals surface area contributed by atoms with Crippen LogP contribution in [0.1, 0.15) is 5.56 Å². The van der Waals surface area contributed by atoms with E-state index < -0.39 is 0 Å². The molecule has 0 atom stereocenters. The molecule has 3 heteroatoms. The molecular formula is C9H8BrClO. The summed E-state index contributed by atoms with van der Waals surface area (Å²) in [5.41, 5.74) is 0.903. The average molecular weight is 248 g/mol. The first kappa shape index (κ1) is 9.78. The van der Waals surface area contributed by atoms with Gasteiger partial charge >= 0.3 is 0 Å². The second-order valence-electron chi connectivity index (χ2n) is 2.25. The van der Waals surface area contributed by atoms with Crippen molar-refractivity contribution in [2.75, 3.05) is 6.61 Å². The predicted molar refractivity (Wildman–Crippen MR) is 55.3 cm³/mol. The Kier molecular flexibility index (Phi) is 3.79. The number of aliphatic hydroxyl groups is 1. The van der Waals surface area contributed by atoms with E-state index in [9.17, 15) is 0 Å². The molecule has 0 aliphatic carbocycles. The van der Waals surface area contributed by atoms with Crippen LogP contribution in [0.25, 0.3) is 6.08 Å². The Bertz CT molecular complexity index is 297. The molecule has 64 valence electrons. The van der Waals surface area contributed by atoms with Gasteiger partial charge in [0.15, 0.2) is 0 Å². The largest absolute Gasteiger partial charge is 0.392 e. The molecule has 0 amide bonds.